The minimum atomic E-state index is -0.923. The van der Waals surface area contributed by atoms with Crippen LogP contribution in [0.1, 0.15) is 33.6 Å². The van der Waals surface area contributed by atoms with E-state index in [2.05, 4.69) is 5.32 Å². The number of rotatable bonds is 5. The smallest absolute Gasteiger partial charge is 0.242 e. The lowest BCUT2D eigenvalue weighted by Crippen LogP contribution is -2.56. The number of carbonyl (C=O) groups is 1. The molecule has 0 radical (unpaired) electrons. The first-order valence-corrected chi connectivity index (χ1v) is 6.12. The van der Waals surface area contributed by atoms with Crippen molar-refractivity contribution in [2.24, 2.45) is 11.7 Å². The third-order valence-electron chi connectivity index (χ3n) is 2.98. The standard InChI is InChI=1S/C12H24N2O3/c1-9(2)6-11(3,16)7-14-10(15)12(13)4-5-17-8-12/h9,16H,4-8,13H2,1-3H3,(H,14,15). The summed E-state index contributed by atoms with van der Waals surface area (Å²) in [4.78, 5) is 11.9. The van der Waals surface area contributed by atoms with E-state index in [4.69, 9.17) is 10.5 Å². The van der Waals surface area contributed by atoms with Crippen molar-refractivity contribution in [3.05, 3.63) is 0 Å². The molecule has 5 nitrogen and oxygen atoms in total. The molecule has 0 spiro atoms. The summed E-state index contributed by atoms with van der Waals surface area (Å²) in [5.74, 6) is 0.141. The van der Waals surface area contributed by atoms with E-state index < -0.39 is 11.1 Å². The van der Waals surface area contributed by atoms with E-state index in [0.717, 1.165) is 0 Å². The SMILES string of the molecule is CC(C)CC(C)(O)CNC(=O)C1(N)CCOC1. The van der Waals surface area contributed by atoms with Crippen molar-refractivity contribution in [3.63, 3.8) is 0 Å². The average Bonchev–Trinajstić information content (AvgIpc) is 2.61. The molecule has 0 saturated carbocycles. The molecule has 100 valence electrons. The molecule has 1 rings (SSSR count). The lowest BCUT2D eigenvalue weighted by atomic mass is 9.93. The highest BCUT2D eigenvalue weighted by atomic mass is 16.5. The van der Waals surface area contributed by atoms with Crippen molar-refractivity contribution in [2.75, 3.05) is 19.8 Å². The maximum Gasteiger partial charge on any atom is 0.242 e. The predicted molar refractivity (Wildman–Crippen MR) is 65.4 cm³/mol. The summed E-state index contributed by atoms with van der Waals surface area (Å²) >= 11 is 0. The second kappa shape index (κ2) is 5.33. The van der Waals surface area contributed by atoms with E-state index >= 15 is 0 Å². The molecule has 0 aromatic rings. The van der Waals surface area contributed by atoms with Crippen LogP contribution < -0.4 is 11.1 Å². The molecule has 0 aromatic carbocycles. The molecule has 1 amide bonds. The Kier molecular flexibility index (Phi) is 4.52. The molecule has 17 heavy (non-hydrogen) atoms. The first kappa shape index (κ1) is 14.4. The largest absolute Gasteiger partial charge is 0.388 e. The van der Waals surface area contributed by atoms with Crippen molar-refractivity contribution < 1.29 is 14.6 Å². The van der Waals surface area contributed by atoms with Crippen LogP contribution >= 0.6 is 0 Å². The Hall–Kier alpha value is -0.650. The van der Waals surface area contributed by atoms with Crippen molar-refractivity contribution in [2.45, 2.75) is 44.8 Å². The van der Waals surface area contributed by atoms with E-state index in [0.29, 0.717) is 25.4 Å². The molecule has 2 unspecified atom stereocenters. The van der Waals surface area contributed by atoms with E-state index in [1.54, 1.807) is 6.92 Å². The number of carbonyl (C=O) groups excluding carboxylic acids is 1. The summed E-state index contributed by atoms with van der Waals surface area (Å²) in [6.07, 6.45) is 1.17. The van der Waals surface area contributed by atoms with Gasteiger partial charge in [-0.3, -0.25) is 4.79 Å². The Morgan fingerprint density at radius 1 is 1.65 bits per heavy atom. The third kappa shape index (κ3) is 4.26. The minimum Gasteiger partial charge on any atom is -0.388 e. The van der Waals surface area contributed by atoms with Crippen LogP contribution in [0, 0.1) is 5.92 Å². The quantitative estimate of drug-likeness (QED) is 0.636. The van der Waals surface area contributed by atoms with E-state index in [-0.39, 0.29) is 19.1 Å². The normalized spacial score (nSPS) is 28.1. The van der Waals surface area contributed by atoms with Gasteiger partial charge in [-0.25, -0.2) is 0 Å². The van der Waals surface area contributed by atoms with Gasteiger partial charge in [-0.1, -0.05) is 13.8 Å². The maximum absolute atomic E-state index is 11.9. The van der Waals surface area contributed by atoms with Crippen LogP contribution in [0.3, 0.4) is 0 Å². The topological polar surface area (TPSA) is 84.6 Å². The second-order valence-electron chi connectivity index (χ2n) is 5.74. The van der Waals surface area contributed by atoms with E-state index in [1.165, 1.54) is 0 Å². The number of aliphatic hydroxyl groups is 1. The number of nitrogens with one attached hydrogen (secondary N) is 1. The molecule has 1 saturated heterocycles. The fraction of sp³-hybridized carbons (Fsp3) is 0.917. The van der Waals surface area contributed by atoms with Crippen LogP contribution in [-0.4, -0.2) is 41.9 Å². The third-order valence-corrected chi connectivity index (χ3v) is 2.98. The Morgan fingerprint density at radius 2 is 2.29 bits per heavy atom. The number of nitrogens with two attached hydrogens (primary N) is 1. The van der Waals surface area contributed by atoms with E-state index in [9.17, 15) is 9.90 Å². The zero-order valence-electron chi connectivity index (χ0n) is 11.0. The summed E-state index contributed by atoms with van der Waals surface area (Å²) < 4.78 is 5.13. The number of amides is 1. The van der Waals surface area contributed by atoms with Gasteiger partial charge in [-0.05, 0) is 25.7 Å². The van der Waals surface area contributed by atoms with Gasteiger partial charge in [0.25, 0.3) is 0 Å². The van der Waals surface area contributed by atoms with Crippen LogP contribution in [0.5, 0.6) is 0 Å². The highest BCUT2D eigenvalue weighted by Crippen LogP contribution is 2.18. The van der Waals surface area contributed by atoms with Crippen LogP contribution in [-0.2, 0) is 9.53 Å². The summed E-state index contributed by atoms with van der Waals surface area (Å²) in [5.41, 5.74) is 4.10. The molecule has 1 aliphatic heterocycles. The monoisotopic (exact) mass is 244 g/mol. The van der Waals surface area contributed by atoms with Gasteiger partial charge in [0.05, 0.1) is 12.2 Å². The zero-order chi connectivity index (χ0) is 13.1. The summed E-state index contributed by atoms with van der Waals surface area (Å²) in [6, 6.07) is 0. The average molecular weight is 244 g/mol. The summed E-state index contributed by atoms with van der Waals surface area (Å²) in [7, 11) is 0. The molecule has 0 bridgehead atoms. The second-order valence-corrected chi connectivity index (χ2v) is 5.74. The van der Waals surface area contributed by atoms with Crippen molar-refractivity contribution in [3.8, 4) is 0 Å². The summed E-state index contributed by atoms with van der Waals surface area (Å²) in [6.45, 7) is 6.79. The number of hydrogen-bond donors (Lipinski definition) is 3. The predicted octanol–water partition coefficient (Wildman–Crippen LogP) is 0.0175. The highest BCUT2D eigenvalue weighted by molar-refractivity contribution is 5.86. The Labute approximate surface area is 103 Å². The van der Waals surface area contributed by atoms with Crippen molar-refractivity contribution in [1.82, 2.24) is 5.32 Å². The zero-order valence-corrected chi connectivity index (χ0v) is 11.0. The van der Waals surface area contributed by atoms with Crippen molar-refractivity contribution in [1.29, 1.82) is 0 Å². The van der Waals surface area contributed by atoms with Crippen molar-refractivity contribution >= 4 is 5.91 Å². The molecule has 1 heterocycles. The Morgan fingerprint density at radius 3 is 2.76 bits per heavy atom. The lowest BCUT2D eigenvalue weighted by Gasteiger charge is -2.28. The van der Waals surface area contributed by atoms with Gasteiger partial charge in [0.15, 0.2) is 0 Å². The first-order valence-electron chi connectivity index (χ1n) is 6.12. The van der Waals surface area contributed by atoms with Crippen LogP contribution in [0.25, 0.3) is 0 Å². The van der Waals surface area contributed by atoms with Gasteiger partial charge in [0, 0.05) is 13.2 Å². The minimum absolute atomic E-state index is 0.225. The molecule has 0 aliphatic carbocycles. The fourth-order valence-electron chi connectivity index (χ4n) is 2.16. The molecule has 4 N–H and O–H groups in total. The van der Waals surface area contributed by atoms with Gasteiger partial charge in [0.1, 0.15) is 5.54 Å². The maximum atomic E-state index is 11.9. The molecule has 1 fully saturated rings. The molecular weight excluding hydrogens is 220 g/mol. The number of hydrogen-bond acceptors (Lipinski definition) is 4. The van der Waals surface area contributed by atoms with Gasteiger partial charge in [-0.2, -0.15) is 0 Å². The lowest BCUT2D eigenvalue weighted by molar-refractivity contribution is -0.127. The molecular formula is C12H24N2O3. The molecule has 2 atom stereocenters. The molecule has 0 aromatic heterocycles. The van der Waals surface area contributed by atoms with Gasteiger partial charge >= 0.3 is 0 Å². The first-order chi connectivity index (χ1) is 7.75. The van der Waals surface area contributed by atoms with Gasteiger partial charge in [0.2, 0.25) is 5.91 Å². The van der Waals surface area contributed by atoms with E-state index in [1.807, 2.05) is 13.8 Å². The van der Waals surface area contributed by atoms with Crippen LogP contribution in [0.4, 0.5) is 0 Å². The molecule has 5 heteroatoms. The van der Waals surface area contributed by atoms with Crippen LogP contribution in [0.15, 0.2) is 0 Å². The number of ether oxygens (including phenoxy) is 1. The Bertz CT molecular complexity index is 271. The Balaban J connectivity index is 2.42. The van der Waals surface area contributed by atoms with Gasteiger partial charge < -0.3 is 20.9 Å². The summed E-state index contributed by atoms with van der Waals surface area (Å²) in [5, 5.41) is 12.8. The fourth-order valence-corrected chi connectivity index (χ4v) is 2.16. The van der Waals surface area contributed by atoms with Crippen LogP contribution in [0.2, 0.25) is 0 Å². The highest BCUT2D eigenvalue weighted by Gasteiger charge is 2.38. The molecule has 1 aliphatic rings. The van der Waals surface area contributed by atoms with Gasteiger partial charge in [-0.15, -0.1) is 0 Å².